The molecule has 1 aromatic carbocycles. The zero-order valence-corrected chi connectivity index (χ0v) is 10.9. The largest absolute Gasteiger partial charge is 0.0683 e. The first-order valence-corrected chi connectivity index (χ1v) is 5.80. The lowest BCUT2D eigenvalue weighted by Crippen LogP contribution is -1.85. The van der Waals surface area contributed by atoms with E-state index in [2.05, 4.69) is 39.0 Å². The van der Waals surface area contributed by atoms with Crippen LogP contribution in [0.4, 0.5) is 0 Å². The van der Waals surface area contributed by atoms with Crippen LogP contribution in [0, 0.1) is 13.8 Å². The van der Waals surface area contributed by atoms with Crippen LogP contribution in [0.1, 0.15) is 51.3 Å². The predicted octanol–water partition coefficient (Wildman–Crippen LogP) is 4.92. The van der Waals surface area contributed by atoms with Crippen LogP contribution >= 0.6 is 0 Å². The molecule has 0 fully saturated rings. The van der Waals surface area contributed by atoms with E-state index in [1.165, 1.54) is 16.7 Å². The van der Waals surface area contributed by atoms with Gasteiger partial charge < -0.3 is 0 Å². The van der Waals surface area contributed by atoms with Crippen molar-refractivity contribution in [1.29, 1.82) is 0 Å². The van der Waals surface area contributed by atoms with Crippen molar-refractivity contribution in [2.45, 2.75) is 54.9 Å². The van der Waals surface area contributed by atoms with Gasteiger partial charge in [-0.05, 0) is 31.4 Å². The molecule has 0 N–H and O–H groups in total. The predicted molar refractivity (Wildman–Crippen MR) is 68.0 cm³/mol. The Labute approximate surface area is 90.4 Å². The third kappa shape index (κ3) is 5.80. The molecule has 0 nitrogen and oxygen atoms in total. The Balaban J connectivity index is 0. The van der Waals surface area contributed by atoms with Crippen LogP contribution < -0.4 is 0 Å². The zero-order chi connectivity index (χ0) is 11.6. The summed E-state index contributed by atoms with van der Waals surface area (Å²) in [6.07, 6.45) is 1.14. The van der Waals surface area contributed by atoms with E-state index in [1.54, 1.807) is 0 Å². The number of rotatable bonds is 1. The summed E-state index contributed by atoms with van der Waals surface area (Å²) in [7, 11) is 0. The van der Waals surface area contributed by atoms with Gasteiger partial charge in [0.05, 0.1) is 0 Å². The summed E-state index contributed by atoms with van der Waals surface area (Å²) >= 11 is 0. The van der Waals surface area contributed by atoms with Crippen LogP contribution in [0.2, 0.25) is 0 Å². The third-order valence-corrected chi connectivity index (χ3v) is 1.88. The molecular weight excluding hydrogens is 168 g/mol. The normalized spacial score (nSPS) is 7.93. The Bertz CT molecular complexity index is 223. The van der Waals surface area contributed by atoms with Crippen molar-refractivity contribution in [3.05, 3.63) is 34.9 Å². The Morgan fingerprint density at radius 1 is 0.929 bits per heavy atom. The van der Waals surface area contributed by atoms with E-state index in [1.807, 2.05) is 27.7 Å². The quantitative estimate of drug-likeness (QED) is 0.595. The third-order valence-electron chi connectivity index (χ3n) is 1.88. The Kier molecular flexibility index (Phi) is 11.5. The highest BCUT2D eigenvalue weighted by Gasteiger charge is 1.93. The maximum Gasteiger partial charge on any atom is -0.0305 e. The first-order chi connectivity index (χ1) is 6.74. The molecule has 0 aromatic heterocycles. The molecule has 0 amide bonds. The summed E-state index contributed by atoms with van der Waals surface area (Å²) < 4.78 is 0. The molecule has 0 aliphatic rings. The first-order valence-electron chi connectivity index (χ1n) is 5.80. The van der Waals surface area contributed by atoms with Crippen LogP contribution in [0.5, 0.6) is 0 Å². The molecule has 1 rings (SSSR count). The van der Waals surface area contributed by atoms with Gasteiger partial charge >= 0.3 is 0 Å². The Hall–Kier alpha value is -0.780. The molecule has 1 aromatic rings. The lowest BCUT2D eigenvalue weighted by molar-refractivity contribution is 1.10. The van der Waals surface area contributed by atoms with Crippen molar-refractivity contribution in [2.75, 3.05) is 0 Å². The van der Waals surface area contributed by atoms with Crippen molar-refractivity contribution in [3.8, 4) is 0 Å². The van der Waals surface area contributed by atoms with Gasteiger partial charge in [0.2, 0.25) is 0 Å². The Morgan fingerprint density at radius 2 is 1.43 bits per heavy atom. The minimum atomic E-state index is 1.14. The lowest BCUT2D eigenvalue weighted by Gasteiger charge is -2.02. The fourth-order valence-electron chi connectivity index (χ4n) is 1.24. The number of benzene rings is 1. The van der Waals surface area contributed by atoms with E-state index < -0.39 is 0 Å². The average molecular weight is 194 g/mol. The van der Waals surface area contributed by atoms with E-state index in [0.717, 1.165) is 6.42 Å². The second-order valence-electron chi connectivity index (χ2n) is 2.78. The van der Waals surface area contributed by atoms with E-state index in [-0.39, 0.29) is 0 Å². The highest BCUT2D eigenvalue weighted by atomic mass is 14.0. The van der Waals surface area contributed by atoms with Gasteiger partial charge in [0.25, 0.3) is 0 Å². The van der Waals surface area contributed by atoms with Crippen molar-refractivity contribution in [1.82, 2.24) is 0 Å². The first kappa shape index (κ1) is 15.7. The van der Waals surface area contributed by atoms with Gasteiger partial charge in [-0.25, -0.2) is 0 Å². The van der Waals surface area contributed by atoms with E-state index in [9.17, 15) is 0 Å². The van der Waals surface area contributed by atoms with Gasteiger partial charge in [-0.1, -0.05) is 58.4 Å². The summed E-state index contributed by atoms with van der Waals surface area (Å²) in [4.78, 5) is 0. The molecule has 0 aliphatic heterocycles. The molecule has 14 heavy (non-hydrogen) atoms. The van der Waals surface area contributed by atoms with Crippen molar-refractivity contribution < 1.29 is 0 Å². The molecule has 0 saturated heterocycles. The van der Waals surface area contributed by atoms with Crippen molar-refractivity contribution >= 4 is 0 Å². The van der Waals surface area contributed by atoms with E-state index in [0.29, 0.717) is 0 Å². The van der Waals surface area contributed by atoms with Crippen molar-refractivity contribution in [3.63, 3.8) is 0 Å². The second-order valence-corrected chi connectivity index (χ2v) is 2.78. The molecule has 0 bridgehead atoms. The van der Waals surface area contributed by atoms with E-state index in [4.69, 9.17) is 0 Å². The number of hydrogen-bond acceptors (Lipinski definition) is 0. The molecule has 0 aliphatic carbocycles. The summed E-state index contributed by atoms with van der Waals surface area (Å²) in [5.41, 5.74) is 4.24. The molecule has 0 radical (unpaired) electrons. The molecule has 0 heterocycles. The molecule has 0 spiro atoms. The SMILES string of the molecule is CC.CC.CCc1ccc(C)cc1C. The monoisotopic (exact) mass is 194 g/mol. The van der Waals surface area contributed by atoms with Gasteiger partial charge in [0.15, 0.2) is 0 Å². The average Bonchev–Trinajstić information content (AvgIpc) is 2.24. The minimum Gasteiger partial charge on any atom is -0.0683 e. The summed E-state index contributed by atoms with van der Waals surface area (Å²) in [5, 5.41) is 0. The number of hydrogen-bond donors (Lipinski definition) is 0. The molecule has 82 valence electrons. The standard InChI is InChI=1S/C10H14.2C2H6/c1-4-10-6-5-8(2)7-9(10)3;2*1-2/h5-7H,4H2,1-3H3;2*1-2H3. The highest BCUT2D eigenvalue weighted by molar-refractivity contribution is 5.30. The summed E-state index contributed by atoms with van der Waals surface area (Å²) in [5.74, 6) is 0. The highest BCUT2D eigenvalue weighted by Crippen LogP contribution is 2.10. The van der Waals surface area contributed by atoms with Crippen LogP contribution in [0.15, 0.2) is 18.2 Å². The lowest BCUT2D eigenvalue weighted by atomic mass is 10.0. The van der Waals surface area contributed by atoms with Gasteiger partial charge in [-0.3, -0.25) is 0 Å². The topological polar surface area (TPSA) is 0 Å². The van der Waals surface area contributed by atoms with Crippen LogP contribution in [0.25, 0.3) is 0 Å². The molecule has 0 unspecified atom stereocenters. The van der Waals surface area contributed by atoms with Gasteiger partial charge in [0, 0.05) is 0 Å². The number of aryl methyl sites for hydroxylation is 3. The minimum absolute atomic E-state index is 1.14. The molecule has 0 saturated carbocycles. The Morgan fingerprint density at radius 3 is 1.79 bits per heavy atom. The van der Waals surface area contributed by atoms with Crippen molar-refractivity contribution in [2.24, 2.45) is 0 Å². The summed E-state index contributed by atoms with van der Waals surface area (Å²) in [6, 6.07) is 6.62. The maximum absolute atomic E-state index is 2.23. The van der Waals surface area contributed by atoms with Gasteiger partial charge in [0.1, 0.15) is 0 Å². The second kappa shape index (κ2) is 10.3. The van der Waals surface area contributed by atoms with Crippen LogP contribution in [-0.4, -0.2) is 0 Å². The molecule has 0 heteroatoms. The van der Waals surface area contributed by atoms with Crippen LogP contribution in [-0.2, 0) is 6.42 Å². The van der Waals surface area contributed by atoms with Crippen LogP contribution in [0.3, 0.4) is 0 Å². The smallest absolute Gasteiger partial charge is 0.0305 e. The van der Waals surface area contributed by atoms with E-state index >= 15 is 0 Å². The molecular formula is C14H26. The maximum atomic E-state index is 2.23. The zero-order valence-electron chi connectivity index (χ0n) is 10.9. The van der Waals surface area contributed by atoms with Gasteiger partial charge in [-0.15, -0.1) is 0 Å². The fourth-order valence-corrected chi connectivity index (χ4v) is 1.24. The van der Waals surface area contributed by atoms with Gasteiger partial charge in [-0.2, -0.15) is 0 Å². The summed E-state index contributed by atoms with van der Waals surface area (Å²) in [6.45, 7) is 14.5. The molecule has 0 atom stereocenters. The fraction of sp³-hybridized carbons (Fsp3) is 0.571.